The van der Waals surface area contributed by atoms with Crippen molar-refractivity contribution in [3.63, 3.8) is 0 Å². The highest BCUT2D eigenvalue weighted by Gasteiger charge is 2.47. The zero-order valence-electron chi connectivity index (χ0n) is 9.82. The van der Waals surface area contributed by atoms with E-state index >= 15 is 0 Å². The number of hydrogen-bond acceptors (Lipinski definition) is 3. The molecule has 3 N–H and O–H groups in total. The minimum atomic E-state index is 0.0286. The number of nitrogens with zero attached hydrogens (tertiary/aromatic N) is 1. The summed E-state index contributed by atoms with van der Waals surface area (Å²) >= 11 is 0. The molecule has 2 aliphatic rings. The first-order valence-electron chi connectivity index (χ1n) is 6.30. The van der Waals surface area contributed by atoms with Gasteiger partial charge in [0.15, 0.2) is 0 Å². The van der Waals surface area contributed by atoms with Gasteiger partial charge < -0.3 is 15.7 Å². The van der Waals surface area contributed by atoms with Gasteiger partial charge in [0, 0.05) is 25.6 Å². The average molecular weight is 226 g/mol. The van der Waals surface area contributed by atoms with Gasteiger partial charge in [-0.2, -0.15) is 0 Å². The second-order valence-corrected chi connectivity index (χ2v) is 5.28. The number of likely N-dealkylation sites (tertiary alicyclic amines) is 1. The van der Waals surface area contributed by atoms with Crippen LogP contribution in [0.5, 0.6) is 0 Å². The molecule has 0 aromatic heterocycles. The SMILES string of the molecule is NCC(=O)N1CC(CO)C2(CCCCC2)C1. The van der Waals surface area contributed by atoms with Crippen molar-refractivity contribution in [2.45, 2.75) is 32.1 Å². The number of carbonyl (C=O) groups is 1. The van der Waals surface area contributed by atoms with Crippen LogP contribution in [0.2, 0.25) is 0 Å². The van der Waals surface area contributed by atoms with Gasteiger partial charge in [0.1, 0.15) is 0 Å². The summed E-state index contributed by atoms with van der Waals surface area (Å²) < 4.78 is 0. The Kier molecular flexibility index (Phi) is 3.50. The van der Waals surface area contributed by atoms with Crippen LogP contribution >= 0.6 is 0 Å². The maximum absolute atomic E-state index is 11.6. The summed E-state index contributed by atoms with van der Waals surface area (Å²) in [6.45, 7) is 1.81. The first kappa shape index (κ1) is 11.9. The number of hydrogen-bond donors (Lipinski definition) is 2. The third-order valence-electron chi connectivity index (χ3n) is 4.41. The molecule has 1 heterocycles. The number of aliphatic hydroxyl groups excluding tert-OH is 1. The van der Waals surface area contributed by atoms with E-state index in [1.165, 1.54) is 19.3 Å². The van der Waals surface area contributed by atoms with Gasteiger partial charge in [0.2, 0.25) is 5.91 Å². The number of aliphatic hydroxyl groups is 1. The van der Waals surface area contributed by atoms with E-state index in [-0.39, 0.29) is 30.4 Å². The number of rotatable bonds is 2. The van der Waals surface area contributed by atoms with Crippen LogP contribution in [0.15, 0.2) is 0 Å². The zero-order valence-corrected chi connectivity index (χ0v) is 9.82. The molecule has 4 nitrogen and oxygen atoms in total. The Balaban J connectivity index is 2.09. The fourth-order valence-corrected chi connectivity index (χ4v) is 3.43. The van der Waals surface area contributed by atoms with Crippen molar-refractivity contribution in [3.8, 4) is 0 Å². The van der Waals surface area contributed by atoms with Crippen LogP contribution in [0, 0.1) is 11.3 Å². The molecule has 0 radical (unpaired) electrons. The van der Waals surface area contributed by atoms with Crippen molar-refractivity contribution in [2.24, 2.45) is 17.1 Å². The molecule has 1 saturated carbocycles. The molecule has 1 aliphatic carbocycles. The predicted molar refractivity (Wildman–Crippen MR) is 61.7 cm³/mol. The van der Waals surface area contributed by atoms with Crippen LogP contribution in [0.1, 0.15) is 32.1 Å². The summed E-state index contributed by atoms with van der Waals surface area (Å²) in [4.78, 5) is 13.5. The molecule has 2 fully saturated rings. The standard InChI is InChI=1S/C12H22N2O2/c13-6-11(16)14-7-10(8-15)12(9-14)4-2-1-3-5-12/h10,15H,1-9,13H2. The van der Waals surface area contributed by atoms with Crippen LogP contribution in [0.4, 0.5) is 0 Å². The quantitative estimate of drug-likeness (QED) is 0.714. The van der Waals surface area contributed by atoms with E-state index in [2.05, 4.69) is 0 Å². The average Bonchev–Trinajstić information content (AvgIpc) is 2.67. The summed E-state index contributed by atoms with van der Waals surface area (Å²) in [6.07, 6.45) is 6.09. The Morgan fingerprint density at radius 2 is 2.06 bits per heavy atom. The van der Waals surface area contributed by atoms with Crippen molar-refractivity contribution < 1.29 is 9.90 Å². The van der Waals surface area contributed by atoms with Gasteiger partial charge in [-0.15, -0.1) is 0 Å². The molecular formula is C12H22N2O2. The monoisotopic (exact) mass is 226 g/mol. The van der Waals surface area contributed by atoms with E-state index in [1.54, 1.807) is 0 Å². The Hall–Kier alpha value is -0.610. The van der Waals surface area contributed by atoms with Crippen LogP contribution in [0.3, 0.4) is 0 Å². The number of amides is 1. The number of carbonyl (C=O) groups excluding carboxylic acids is 1. The Morgan fingerprint density at radius 3 is 2.62 bits per heavy atom. The molecule has 1 atom stereocenters. The van der Waals surface area contributed by atoms with E-state index < -0.39 is 0 Å². The van der Waals surface area contributed by atoms with E-state index in [1.807, 2.05) is 4.90 Å². The molecule has 16 heavy (non-hydrogen) atoms. The van der Waals surface area contributed by atoms with Crippen LogP contribution < -0.4 is 5.73 Å². The predicted octanol–water partition coefficient (Wildman–Crippen LogP) is 0.346. The van der Waals surface area contributed by atoms with Gasteiger partial charge in [-0.05, 0) is 18.3 Å². The summed E-state index contributed by atoms with van der Waals surface area (Å²) in [5, 5.41) is 9.49. The Morgan fingerprint density at radius 1 is 1.38 bits per heavy atom. The first-order chi connectivity index (χ1) is 7.72. The first-order valence-corrected chi connectivity index (χ1v) is 6.30. The molecule has 1 unspecified atom stereocenters. The third-order valence-corrected chi connectivity index (χ3v) is 4.41. The molecule has 92 valence electrons. The van der Waals surface area contributed by atoms with Gasteiger partial charge in [0.05, 0.1) is 6.54 Å². The third kappa shape index (κ3) is 1.96. The van der Waals surface area contributed by atoms with Crippen LogP contribution in [-0.4, -0.2) is 42.2 Å². The van der Waals surface area contributed by atoms with Crippen molar-refractivity contribution in [1.29, 1.82) is 0 Å². The molecule has 0 aromatic carbocycles. The Labute approximate surface area is 96.8 Å². The topological polar surface area (TPSA) is 66.6 Å². The molecule has 1 spiro atoms. The van der Waals surface area contributed by atoms with E-state index in [0.717, 1.165) is 19.4 Å². The molecule has 1 saturated heterocycles. The minimum absolute atomic E-state index is 0.0286. The van der Waals surface area contributed by atoms with E-state index in [9.17, 15) is 9.90 Å². The molecular weight excluding hydrogens is 204 g/mol. The number of nitrogens with two attached hydrogens (primary N) is 1. The normalized spacial score (nSPS) is 28.6. The largest absolute Gasteiger partial charge is 0.396 e. The van der Waals surface area contributed by atoms with Gasteiger partial charge in [-0.3, -0.25) is 4.79 Å². The molecule has 1 amide bonds. The smallest absolute Gasteiger partial charge is 0.236 e. The molecule has 0 bridgehead atoms. The maximum atomic E-state index is 11.6. The van der Waals surface area contributed by atoms with Gasteiger partial charge in [-0.1, -0.05) is 19.3 Å². The fraction of sp³-hybridized carbons (Fsp3) is 0.917. The van der Waals surface area contributed by atoms with Crippen LogP contribution in [0.25, 0.3) is 0 Å². The Bertz CT molecular complexity index is 262. The highest BCUT2D eigenvalue weighted by molar-refractivity contribution is 5.78. The summed E-state index contributed by atoms with van der Waals surface area (Å²) in [5.41, 5.74) is 5.60. The fourth-order valence-electron chi connectivity index (χ4n) is 3.43. The second-order valence-electron chi connectivity index (χ2n) is 5.28. The zero-order chi connectivity index (χ0) is 11.6. The van der Waals surface area contributed by atoms with E-state index in [0.29, 0.717) is 6.54 Å². The van der Waals surface area contributed by atoms with Crippen molar-refractivity contribution in [1.82, 2.24) is 4.90 Å². The lowest BCUT2D eigenvalue weighted by atomic mass is 9.68. The van der Waals surface area contributed by atoms with Crippen molar-refractivity contribution >= 4 is 5.91 Å². The van der Waals surface area contributed by atoms with Gasteiger partial charge >= 0.3 is 0 Å². The minimum Gasteiger partial charge on any atom is -0.396 e. The van der Waals surface area contributed by atoms with Gasteiger partial charge in [0.25, 0.3) is 0 Å². The lowest BCUT2D eigenvalue weighted by molar-refractivity contribution is -0.129. The lowest BCUT2D eigenvalue weighted by Gasteiger charge is -2.37. The van der Waals surface area contributed by atoms with Gasteiger partial charge in [-0.25, -0.2) is 0 Å². The summed E-state index contributed by atoms with van der Waals surface area (Å²) in [6, 6.07) is 0. The molecule has 4 heteroatoms. The lowest BCUT2D eigenvalue weighted by Crippen LogP contribution is -2.37. The van der Waals surface area contributed by atoms with E-state index in [4.69, 9.17) is 5.73 Å². The molecule has 1 aliphatic heterocycles. The molecule has 2 rings (SSSR count). The highest BCUT2D eigenvalue weighted by atomic mass is 16.3. The summed E-state index contributed by atoms with van der Waals surface area (Å²) in [5.74, 6) is 0.296. The van der Waals surface area contributed by atoms with Crippen molar-refractivity contribution in [2.75, 3.05) is 26.2 Å². The summed E-state index contributed by atoms with van der Waals surface area (Å²) in [7, 11) is 0. The van der Waals surface area contributed by atoms with Crippen LogP contribution in [-0.2, 0) is 4.79 Å². The maximum Gasteiger partial charge on any atom is 0.236 e. The second kappa shape index (κ2) is 4.72. The highest BCUT2D eigenvalue weighted by Crippen LogP contribution is 2.47. The molecule has 0 aromatic rings. The van der Waals surface area contributed by atoms with Crippen molar-refractivity contribution in [3.05, 3.63) is 0 Å².